The van der Waals surface area contributed by atoms with Crippen molar-refractivity contribution in [2.45, 2.75) is 12.5 Å². The molecule has 1 saturated heterocycles. The highest BCUT2D eigenvalue weighted by Crippen LogP contribution is 1.95. The van der Waals surface area contributed by atoms with Gasteiger partial charge in [0.1, 0.15) is 6.04 Å². The van der Waals surface area contributed by atoms with Crippen LogP contribution in [0, 0.1) is 0 Å². The predicted octanol–water partition coefficient (Wildman–Crippen LogP) is -1.55. The molecule has 1 atom stereocenters. The number of aliphatic hydroxyl groups is 1. The molecule has 1 rings (SSSR count). The fraction of sp³-hybridized carbons (Fsp3) is 0.818. The maximum atomic E-state index is 11.5. The third-order valence-corrected chi connectivity index (χ3v) is 2.84. The van der Waals surface area contributed by atoms with Gasteiger partial charge in [-0.2, -0.15) is 0 Å². The van der Waals surface area contributed by atoms with Crippen LogP contribution in [0.25, 0.3) is 0 Å². The lowest BCUT2D eigenvalue weighted by Gasteiger charge is -2.26. The van der Waals surface area contributed by atoms with Crippen molar-refractivity contribution in [1.82, 2.24) is 15.5 Å². The summed E-state index contributed by atoms with van der Waals surface area (Å²) in [6, 6.07) is -1.59. The number of nitrogens with zero attached hydrogens (tertiary/aromatic N) is 1. The van der Waals surface area contributed by atoms with Crippen LogP contribution in [0.4, 0.5) is 4.79 Å². The minimum atomic E-state index is -1.16. The third kappa shape index (κ3) is 6.37. The molecule has 2 amide bonds. The molecule has 0 aromatic carbocycles. The van der Waals surface area contributed by atoms with Gasteiger partial charge in [0.05, 0.1) is 13.2 Å². The Kier molecular flexibility index (Phi) is 7.16. The molecule has 4 N–H and O–H groups in total. The first-order valence-corrected chi connectivity index (χ1v) is 6.31. The van der Waals surface area contributed by atoms with Crippen molar-refractivity contribution in [3.63, 3.8) is 0 Å². The van der Waals surface area contributed by atoms with E-state index in [0.29, 0.717) is 26.3 Å². The number of hydrogen-bond acceptors (Lipinski definition) is 5. The van der Waals surface area contributed by atoms with Crippen LogP contribution < -0.4 is 10.6 Å². The highest BCUT2D eigenvalue weighted by atomic mass is 16.5. The van der Waals surface area contributed by atoms with Gasteiger partial charge in [-0.1, -0.05) is 0 Å². The highest BCUT2D eigenvalue weighted by Gasteiger charge is 2.19. The third-order valence-electron chi connectivity index (χ3n) is 2.84. The van der Waals surface area contributed by atoms with E-state index in [9.17, 15) is 9.59 Å². The zero-order chi connectivity index (χ0) is 14.1. The summed E-state index contributed by atoms with van der Waals surface area (Å²) in [4.78, 5) is 24.4. The van der Waals surface area contributed by atoms with E-state index in [1.165, 1.54) is 0 Å². The summed E-state index contributed by atoms with van der Waals surface area (Å²) in [6.07, 6.45) is -0.00772. The van der Waals surface area contributed by atoms with Crippen molar-refractivity contribution in [3.8, 4) is 0 Å². The van der Waals surface area contributed by atoms with Crippen molar-refractivity contribution < 1.29 is 24.5 Å². The van der Waals surface area contributed by atoms with E-state index in [4.69, 9.17) is 14.9 Å². The largest absolute Gasteiger partial charge is 0.480 e. The van der Waals surface area contributed by atoms with E-state index < -0.39 is 18.0 Å². The molecule has 19 heavy (non-hydrogen) atoms. The molecule has 1 fully saturated rings. The first-order valence-electron chi connectivity index (χ1n) is 6.31. The zero-order valence-electron chi connectivity index (χ0n) is 10.8. The van der Waals surface area contributed by atoms with E-state index in [0.717, 1.165) is 13.1 Å². The molecular formula is C11H21N3O5. The van der Waals surface area contributed by atoms with Crippen LogP contribution in [0.2, 0.25) is 0 Å². The second-order valence-corrected chi connectivity index (χ2v) is 4.26. The van der Waals surface area contributed by atoms with Crippen LogP contribution in [0.5, 0.6) is 0 Å². The topological polar surface area (TPSA) is 111 Å². The standard InChI is InChI=1S/C11H21N3O5/c15-6-1-9(10(16)17)13-11(18)12-2-3-14-4-7-19-8-5-14/h9,15H,1-8H2,(H,16,17)(H2,12,13,18). The fourth-order valence-corrected chi connectivity index (χ4v) is 1.75. The number of aliphatic carboxylic acids is 1. The van der Waals surface area contributed by atoms with Gasteiger partial charge in [-0.3, -0.25) is 4.90 Å². The first-order chi connectivity index (χ1) is 9.13. The van der Waals surface area contributed by atoms with Crippen LogP contribution in [0.15, 0.2) is 0 Å². The minimum Gasteiger partial charge on any atom is -0.480 e. The Morgan fingerprint density at radius 2 is 2.00 bits per heavy atom. The summed E-state index contributed by atoms with van der Waals surface area (Å²) in [7, 11) is 0. The van der Waals surface area contributed by atoms with Crippen molar-refractivity contribution in [1.29, 1.82) is 0 Å². The second kappa shape index (κ2) is 8.68. The number of morpholine rings is 1. The van der Waals surface area contributed by atoms with Crippen LogP contribution in [-0.2, 0) is 9.53 Å². The summed E-state index contributed by atoms with van der Waals surface area (Å²) in [5.41, 5.74) is 0. The molecule has 1 heterocycles. The van der Waals surface area contributed by atoms with Crippen molar-refractivity contribution in [3.05, 3.63) is 0 Å². The van der Waals surface area contributed by atoms with Crippen molar-refractivity contribution in [2.75, 3.05) is 46.0 Å². The summed E-state index contributed by atoms with van der Waals surface area (Å²) in [5, 5.41) is 22.4. The molecule has 0 radical (unpaired) electrons. The summed E-state index contributed by atoms with van der Waals surface area (Å²) in [5.74, 6) is -1.16. The van der Waals surface area contributed by atoms with Crippen LogP contribution in [0.3, 0.4) is 0 Å². The summed E-state index contributed by atoms with van der Waals surface area (Å²) >= 11 is 0. The average Bonchev–Trinajstić information content (AvgIpc) is 2.39. The number of carbonyl (C=O) groups is 2. The zero-order valence-corrected chi connectivity index (χ0v) is 10.8. The van der Waals surface area contributed by atoms with Gasteiger partial charge < -0.3 is 25.6 Å². The van der Waals surface area contributed by atoms with Gasteiger partial charge in [-0.15, -0.1) is 0 Å². The number of hydrogen-bond donors (Lipinski definition) is 4. The van der Waals surface area contributed by atoms with E-state index in [-0.39, 0.29) is 13.0 Å². The molecule has 1 unspecified atom stereocenters. The van der Waals surface area contributed by atoms with Crippen LogP contribution in [0.1, 0.15) is 6.42 Å². The number of rotatable bonds is 7. The van der Waals surface area contributed by atoms with Crippen molar-refractivity contribution >= 4 is 12.0 Å². The maximum Gasteiger partial charge on any atom is 0.326 e. The Bertz CT molecular complexity index is 294. The number of ether oxygens (including phenoxy) is 1. The Labute approximate surface area is 111 Å². The summed E-state index contributed by atoms with van der Waals surface area (Å²) < 4.78 is 5.20. The van der Waals surface area contributed by atoms with Gasteiger partial charge >= 0.3 is 12.0 Å². The van der Waals surface area contributed by atoms with Gasteiger partial charge in [0, 0.05) is 39.2 Å². The second-order valence-electron chi connectivity index (χ2n) is 4.26. The van der Waals surface area contributed by atoms with E-state index in [1.54, 1.807) is 0 Å². The normalized spacial score (nSPS) is 17.7. The smallest absolute Gasteiger partial charge is 0.326 e. The Morgan fingerprint density at radius 3 is 2.58 bits per heavy atom. The SMILES string of the molecule is O=C(NCCN1CCOCC1)NC(CCO)C(=O)O. The van der Waals surface area contributed by atoms with Gasteiger partial charge in [-0.25, -0.2) is 9.59 Å². The molecule has 1 aliphatic rings. The lowest BCUT2D eigenvalue weighted by molar-refractivity contribution is -0.139. The van der Waals surface area contributed by atoms with E-state index in [1.807, 2.05) is 0 Å². The van der Waals surface area contributed by atoms with Gasteiger partial charge in [0.15, 0.2) is 0 Å². The minimum absolute atomic E-state index is 0.00772. The van der Waals surface area contributed by atoms with E-state index in [2.05, 4.69) is 15.5 Å². The lowest BCUT2D eigenvalue weighted by Crippen LogP contribution is -2.48. The molecule has 0 aromatic heterocycles. The number of aliphatic hydroxyl groups excluding tert-OH is 1. The van der Waals surface area contributed by atoms with Gasteiger partial charge in [-0.05, 0) is 0 Å². The molecule has 1 aliphatic heterocycles. The summed E-state index contributed by atoms with van der Waals surface area (Å²) in [6.45, 7) is 3.93. The van der Waals surface area contributed by atoms with E-state index >= 15 is 0 Å². The number of amides is 2. The number of carboxylic acids is 1. The molecule has 0 bridgehead atoms. The number of urea groups is 1. The van der Waals surface area contributed by atoms with Crippen molar-refractivity contribution in [2.24, 2.45) is 0 Å². The molecule has 0 saturated carbocycles. The molecule has 110 valence electrons. The molecule has 0 spiro atoms. The Morgan fingerprint density at radius 1 is 1.32 bits per heavy atom. The Hall–Kier alpha value is -1.38. The van der Waals surface area contributed by atoms with Gasteiger partial charge in [0.25, 0.3) is 0 Å². The first kappa shape index (κ1) is 15.7. The molecule has 0 aliphatic carbocycles. The highest BCUT2D eigenvalue weighted by molar-refractivity contribution is 5.82. The quantitative estimate of drug-likeness (QED) is 0.448. The monoisotopic (exact) mass is 275 g/mol. The van der Waals surface area contributed by atoms with Crippen LogP contribution in [-0.4, -0.2) is 79.2 Å². The molecular weight excluding hydrogens is 254 g/mol. The maximum absolute atomic E-state index is 11.5. The predicted molar refractivity (Wildman–Crippen MR) is 66.9 cm³/mol. The number of carboxylic acid groups (broad SMARTS) is 1. The lowest BCUT2D eigenvalue weighted by atomic mass is 10.2. The molecule has 8 nitrogen and oxygen atoms in total. The Balaban J connectivity index is 2.17. The number of nitrogens with one attached hydrogen (secondary N) is 2. The molecule has 8 heteroatoms. The molecule has 0 aromatic rings. The van der Waals surface area contributed by atoms with Crippen LogP contribution >= 0.6 is 0 Å². The number of carbonyl (C=O) groups excluding carboxylic acids is 1. The van der Waals surface area contributed by atoms with Gasteiger partial charge in [0.2, 0.25) is 0 Å². The fourth-order valence-electron chi connectivity index (χ4n) is 1.75. The average molecular weight is 275 g/mol.